The monoisotopic (exact) mass is 439 g/mol. The van der Waals surface area contributed by atoms with Gasteiger partial charge in [0.15, 0.2) is 11.5 Å². The van der Waals surface area contributed by atoms with E-state index in [4.69, 9.17) is 4.98 Å². The summed E-state index contributed by atoms with van der Waals surface area (Å²) in [6.45, 7) is 7.53. The zero-order valence-corrected chi connectivity index (χ0v) is 18.7. The molecule has 31 heavy (non-hydrogen) atoms. The number of aryl methyl sites for hydroxylation is 3. The van der Waals surface area contributed by atoms with Gasteiger partial charge in [-0.25, -0.2) is 14.5 Å². The molecule has 4 aromatic rings. The molecule has 0 bridgehead atoms. The molecule has 0 aromatic carbocycles. The molecule has 10 heteroatoms. The molecule has 0 saturated heterocycles. The molecule has 1 aliphatic rings. The largest absolute Gasteiger partial charge is 0.389 e. The molecular weight excluding hydrogens is 414 g/mol. The molecule has 0 saturated carbocycles. The molecule has 0 amide bonds. The first-order valence-corrected chi connectivity index (χ1v) is 11.5. The van der Waals surface area contributed by atoms with Crippen molar-refractivity contribution in [2.24, 2.45) is 11.3 Å². The molecule has 4 aromatic heterocycles. The molecule has 1 atom stereocenters. The van der Waals surface area contributed by atoms with Crippen molar-refractivity contribution in [3.63, 3.8) is 0 Å². The van der Waals surface area contributed by atoms with E-state index in [0.29, 0.717) is 30.1 Å². The van der Waals surface area contributed by atoms with Crippen molar-refractivity contribution in [1.29, 1.82) is 0 Å². The molecule has 1 aliphatic carbocycles. The fourth-order valence-electron chi connectivity index (χ4n) is 4.47. The van der Waals surface area contributed by atoms with E-state index in [-0.39, 0.29) is 5.82 Å². The zero-order chi connectivity index (χ0) is 21.8. The van der Waals surface area contributed by atoms with E-state index in [1.54, 1.807) is 33.1 Å². The Morgan fingerprint density at radius 1 is 1.35 bits per heavy atom. The molecular formula is C21H25N7O2S. The van der Waals surface area contributed by atoms with Crippen LogP contribution >= 0.6 is 11.3 Å². The fourth-order valence-corrected chi connectivity index (χ4v) is 5.73. The lowest BCUT2D eigenvalue weighted by Crippen LogP contribution is -2.28. The summed E-state index contributed by atoms with van der Waals surface area (Å²) in [5.74, 6) is 1.23. The lowest BCUT2D eigenvalue weighted by molar-refractivity contribution is -0.389. The number of thiophene rings is 1. The normalized spacial score (nSPS) is 16.8. The standard InChI is InChI=1S/C21H25N7O2S/c1-4-21(2,3)13-5-6-14-15(11-13)31-20-18(14)19-23-16(24-27(19)12-22-20)7-9-26-10-8-17(25-26)28(29)30/h8,10,12-13H,4-7,9,11H2,1-3H3. The Balaban J connectivity index is 1.44. The van der Waals surface area contributed by atoms with Gasteiger partial charge >= 0.3 is 5.82 Å². The first-order chi connectivity index (χ1) is 14.9. The van der Waals surface area contributed by atoms with Crippen molar-refractivity contribution in [3.05, 3.63) is 45.0 Å². The molecule has 5 rings (SSSR count). The highest BCUT2D eigenvalue weighted by atomic mass is 32.1. The van der Waals surface area contributed by atoms with Crippen LogP contribution in [0.1, 0.15) is 49.9 Å². The van der Waals surface area contributed by atoms with E-state index < -0.39 is 4.92 Å². The van der Waals surface area contributed by atoms with Gasteiger partial charge in [-0.2, -0.15) is 4.68 Å². The molecule has 4 heterocycles. The van der Waals surface area contributed by atoms with Crippen LogP contribution < -0.4 is 0 Å². The van der Waals surface area contributed by atoms with E-state index >= 15 is 0 Å². The number of nitrogens with zero attached hydrogens (tertiary/aromatic N) is 7. The minimum absolute atomic E-state index is 0.150. The summed E-state index contributed by atoms with van der Waals surface area (Å²) in [6.07, 6.45) is 8.44. The van der Waals surface area contributed by atoms with Crippen molar-refractivity contribution < 1.29 is 4.92 Å². The third-order valence-electron chi connectivity index (χ3n) is 6.82. The van der Waals surface area contributed by atoms with Crippen LogP contribution in [0.25, 0.3) is 15.9 Å². The van der Waals surface area contributed by atoms with Gasteiger partial charge in [0.05, 0.1) is 29.3 Å². The zero-order valence-electron chi connectivity index (χ0n) is 17.9. The van der Waals surface area contributed by atoms with Gasteiger partial charge in [-0.05, 0) is 41.1 Å². The summed E-state index contributed by atoms with van der Waals surface area (Å²) in [4.78, 5) is 22.3. The van der Waals surface area contributed by atoms with Gasteiger partial charge in [0.25, 0.3) is 0 Å². The van der Waals surface area contributed by atoms with Gasteiger partial charge in [-0.15, -0.1) is 16.4 Å². The van der Waals surface area contributed by atoms with Crippen molar-refractivity contribution in [2.45, 2.75) is 59.4 Å². The highest BCUT2D eigenvalue weighted by Crippen LogP contribution is 2.44. The number of nitro groups is 1. The molecule has 0 spiro atoms. The Hall–Kier alpha value is -2.88. The molecule has 9 nitrogen and oxygen atoms in total. The van der Waals surface area contributed by atoms with Crippen LogP contribution in [0, 0.1) is 21.4 Å². The molecule has 0 fully saturated rings. The lowest BCUT2D eigenvalue weighted by Gasteiger charge is -2.36. The number of fused-ring (bicyclic) bond motifs is 5. The van der Waals surface area contributed by atoms with Gasteiger partial charge in [0.1, 0.15) is 11.2 Å². The number of aromatic nitrogens is 6. The summed E-state index contributed by atoms with van der Waals surface area (Å²) in [7, 11) is 0. The quantitative estimate of drug-likeness (QED) is 0.329. The van der Waals surface area contributed by atoms with Crippen LogP contribution in [0.5, 0.6) is 0 Å². The third kappa shape index (κ3) is 3.48. The SMILES string of the molecule is CCC(C)(C)C1CCc2c(sc3ncn4nc(CCn5ccc([N+](=O)[O-])n5)nc4c23)C1. The second kappa shape index (κ2) is 7.37. The summed E-state index contributed by atoms with van der Waals surface area (Å²) < 4.78 is 3.32. The topological polar surface area (TPSA) is 104 Å². The van der Waals surface area contributed by atoms with Crippen LogP contribution in [0.4, 0.5) is 5.82 Å². The number of rotatable bonds is 6. The van der Waals surface area contributed by atoms with E-state index in [1.807, 2.05) is 0 Å². The van der Waals surface area contributed by atoms with Gasteiger partial charge in [0.2, 0.25) is 0 Å². The Morgan fingerprint density at radius 2 is 2.19 bits per heavy atom. The van der Waals surface area contributed by atoms with Gasteiger partial charge in [-0.3, -0.25) is 0 Å². The van der Waals surface area contributed by atoms with Crippen LogP contribution in [0.2, 0.25) is 0 Å². The summed E-state index contributed by atoms with van der Waals surface area (Å²) in [6, 6.07) is 1.40. The van der Waals surface area contributed by atoms with Gasteiger partial charge in [0, 0.05) is 11.3 Å². The average molecular weight is 440 g/mol. The summed E-state index contributed by atoms with van der Waals surface area (Å²) in [5, 5.41) is 20.5. The number of hydrogen-bond acceptors (Lipinski definition) is 7. The Kier molecular flexibility index (Phi) is 4.76. The molecule has 0 N–H and O–H groups in total. The highest BCUT2D eigenvalue weighted by molar-refractivity contribution is 7.19. The molecule has 162 valence electrons. The van der Waals surface area contributed by atoms with Crippen molar-refractivity contribution >= 4 is 33.0 Å². The molecule has 0 radical (unpaired) electrons. The Morgan fingerprint density at radius 3 is 2.94 bits per heavy atom. The predicted octanol–water partition coefficient (Wildman–Crippen LogP) is 4.23. The first-order valence-electron chi connectivity index (χ1n) is 10.7. The lowest BCUT2D eigenvalue weighted by atomic mass is 9.70. The fraction of sp³-hybridized carbons (Fsp3) is 0.524. The molecule has 0 aliphatic heterocycles. The van der Waals surface area contributed by atoms with E-state index in [9.17, 15) is 10.1 Å². The first kappa shape index (κ1) is 20.0. The third-order valence-corrected chi connectivity index (χ3v) is 7.99. The van der Waals surface area contributed by atoms with Crippen LogP contribution in [-0.4, -0.2) is 34.3 Å². The molecule has 1 unspecified atom stereocenters. The average Bonchev–Trinajstić information content (AvgIpc) is 3.46. The van der Waals surface area contributed by atoms with Crippen LogP contribution in [-0.2, 0) is 25.8 Å². The maximum Gasteiger partial charge on any atom is 0.389 e. The Bertz CT molecular complexity index is 1290. The van der Waals surface area contributed by atoms with Crippen molar-refractivity contribution in [1.82, 2.24) is 29.4 Å². The van der Waals surface area contributed by atoms with E-state index in [0.717, 1.165) is 28.7 Å². The highest BCUT2D eigenvalue weighted by Gasteiger charge is 2.33. The maximum atomic E-state index is 10.8. The van der Waals surface area contributed by atoms with E-state index in [2.05, 4.69) is 36.0 Å². The second-order valence-corrected chi connectivity index (χ2v) is 10.0. The van der Waals surface area contributed by atoms with Crippen molar-refractivity contribution in [3.8, 4) is 0 Å². The van der Waals surface area contributed by atoms with Crippen molar-refractivity contribution in [2.75, 3.05) is 0 Å². The smallest absolute Gasteiger partial charge is 0.358 e. The maximum absolute atomic E-state index is 10.8. The van der Waals surface area contributed by atoms with Crippen LogP contribution in [0.3, 0.4) is 0 Å². The summed E-state index contributed by atoms with van der Waals surface area (Å²) in [5.41, 5.74) is 2.60. The van der Waals surface area contributed by atoms with E-state index in [1.165, 1.54) is 29.3 Å². The summed E-state index contributed by atoms with van der Waals surface area (Å²) >= 11 is 1.80. The van der Waals surface area contributed by atoms with Gasteiger partial charge < -0.3 is 10.1 Å². The predicted molar refractivity (Wildman–Crippen MR) is 118 cm³/mol. The minimum Gasteiger partial charge on any atom is -0.358 e. The van der Waals surface area contributed by atoms with Gasteiger partial charge in [-0.1, -0.05) is 27.2 Å². The Labute approximate surface area is 183 Å². The minimum atomic E-state index is -0.492. The number of hydrogen-bond donors (Lipinski definition) is 0. The second-order valence-electron chi connectivity index (χ2n) is 8.95. The van der Waals surface area contributed by atoms with Crippen LogP contribution in [0.15, 0.2) is 18.6 Å².